The Balaban J connectivity index is 2.19. The quantitative estimate of drug-likeness (QED) is 0.511. The molecule has 2 rings (SSSR count). The van der Waals surface area contributed by atoms with E-state index in [0.29, 0.717) is 5.92 Å². The highest BCUT2D eigenvalue weighted by atomic mass is 35.5. The molecular weight excluding hydrogens is 242 g/mol. The maximum atomic E-state index is 10.9. The molecule has 1 fully saturated rings. The third-order valence-corrected chi connectivity index (χ3v) is 3.28. The van der Waals surface area contributed by atoms with Gasteiger partial charge in [-0.2, -0.15) is 0 Å². The molecule has 6 heteroatoms. The number of anilines is 1. The molecule has 0 amide bonds. The van der Waals surface area contributed by atoms with E-state index in [4.69, 9.17) is 11.6 Å². The number of rotatable bonds is 3. The maximum absolute atomic E-state index is 10.9. The van der Waals surface area contributed by atoms with Gasteiger partial charge in [0.15, 0.2) is 0 Å². The van der Waals surface area contributed by atoms with E-state index in [2.05, 4.69) is 17.2 Å². The zero-order valence-corrected chi connectivity index (χ0v) is 10.3. The summed E-state index contributed by atoms with van der Waals surface area (Å²) in [5.74, 6) is 0.937. The largest absolute Gasteiger partial charge is 0.362 e. The summed E-state index contributed by atoms with van der Waals surface area (Å²) in [6.07, 6.45) is 3.18. The predicted molar refractivity (Wildman–Crippen MR) is 66.3 cm³/mol. The maximum Gasteiger partial charge on any atom is 0.311 e. The Kier molecular flexibility index (Phi) is 3.47. The number of pyridine rings is 1. The van der Waals surface area contributed by atoms with Gasteiger partial charge in [-0.05, 0) is 31.2 Å². The Morgan fingerprint density at radius 2 is 2.29 bits per heavy atom. The number of nitro groups is 1. The van der Waals surface area contributed by atoms with E-state index in [1.165, 1.54) is 12.1 Å². The first-order valence-electron chi connectivity index (χ1n) is 5.63. The number of nitrogens with zero attached hydrogens (tertiary/aromatic N) is 2. The minimum absolute atomic E-state index is 0.0195. The molecule has 1 aliphatic carbocycles. The molecule has 0 saturated heterocycles. The van der Waals surface area contributed by atoms with Crippen LogP contribution in [0.15, 0.2) is 12.1 Å². The zero-order chi connectivity index (χ0) is 12.4. The van der Waals surface area contributed by atoms with E-state index in [9.17, 15) is 10.1 Å². The van der Waals surface area contributed by atoms with Gasteiger partial charge in [-0.3, -0.25) is 10.1 Å². The summed E-state index contributed by atoms with van der Waals surface area (Å²) in [7, 11) is 0. The fraction of sp³-hybridized carbons (Fsp3) is 0.545. The van der Waals surface area contributed by atoms with Crippen molar-refractivity contribution in [3.63, 3.8) is 0 Å². The molecule has 0 bridgehead atoms. The molecule has 0 aromatic carbocycles. The number of hydrogen-bond donors (Lipinski definition) is 1. The van der Waals surface area contributed by atoms with Gasteiger partial charge in [-0.1, -0.05) is 18.5 Å². The molecule has 0 aliphatic heterocycles. The van der Waals surface area contributed by atoms with Crippen LogP contribution in [-0.4, -0.2) is 15.9 Å². The Bertz CT molecular complexity index is 439. The lowest BCUT2D eigenvalue weighted by Gasteiger charge is -2.13. The monoisotopic (exact) mass is 255 g/mol. The minimum Gasteiger partial charge on any atom is -0.362 e. The molecule has 1 saturated carbocycles. The van der Waals surface area contributed by atoms with Crippen molar-refractivity contribution in [2.75, 3.05) is 5.32 Å². The minimum atomic E-state index is -0.440. The van der Waals surface area contributed by atoms with Crippen LogP contribution in [0.1, 0.15) is 26.2 Å². The molecule has 1 aromatic heterocycles. The second-order valence-corrected chi connectivity index (χ2v) is 4.91. The van der Waals surface area contributed by atoms with E-state index in [1.54, 1.807) is 0 Å². The predicted octanol–water partition coefficient (Wildman–Crippen LogP) is 3.24. The second kappa shape index (κ2) is 4.87. The Morgan fingerprint density at radius 1 is 1.53 bits per heavy atom. The van der Waals surface area contributed by atoms with Gasteiger partial charge in [0.1, 0.15) is 5.15 Å². The lowest BCUT2D eigenvalue weighted by atomic mass is 10.1. The first kappa shape index (κ1) is 12.1. The number of nitrogens with one attached hydrogen (secondary N) is 1. The third-order valence-electron chi connectivity index (χ3n) is 3.07. The van der Waals surface area contributed by atoms with Gasteiger partial charge in [0.25, 0.3) is 0 Å². The van der Waals surface area contributed by atoms with Gasteiger partial charge in [0, 0.05) is 12.1 Å². The van der Waals surface area contributed by atoms with Crippen LogP contribution in [0.3, 0.4) is 0 Å². The molecule has 2 unspecified atom stereocenters. The zero-order valence-electron chi connectivity index (χ0n) is 9.52. The van der Waals surface area contributed by atoms with Crippen LogP contribution in [0, 0.1) is 16.0 Å². The number of hydrogen-bond acceptors (Lipinski definition) is 4. The van der Waals surface area contributed by atoms with Crippen molar-refractivity contribution in [2.24, 2.45) is 5.92 Å². The molecule has 17 heavy (non-hydrogen) atoms. The number of aromatic nitrogens is 1. The standard InChI is InChI=1S/C11H14ClN3O2/c1-7-2-3-8(6-7)13-11-9(15(16)17)4-5-10(12)14-11/h4-5,7-8H,2-3,6H2,1H3,(H,13,14). The fourth-order valence-electron chi connectivity index (χ4n) is 2.21. The Hall–Kier alpha value is -1.36. The van der Waals surface area contributed by atoms with E-state index < -0.39 is 4.92 Å². The van der Waals surface area contributed by atoms with Crippen LogP contribution >= 0.6 is 11.6 Å². The molecule has 1 N–H and O–H groups in total. The molecule has 1 aromatic rings. The molecule has 0 spiro atoms. The molecule has 92 valence electrons. The highest BCUT2D eigenvalue weighted by molar-refractivity contribution is 6.29. The third kappa shape index (κ3) is 2.85. The SMILES string of the molecule is CC1CCC(Nc2nc(Cl)ccc2[N+](=O)[O-])C1. The summed E-state index contributed by atoms with van der Waals surface area (Å²) >= 11 is 5.76. The van der Waals surface area contributed by atoms with E-state index >= 15 is 0 Å². The van der Waals surface area contributed by atoms with Gasteiger partial charge in [0.2, 0.25) is 5.82 Å². The Labute approximate surface area is 104 Å². The summed E-state index contributed by atoms with van der Waals surface area (Å²) in [4.78, 5) is 14.4. The topological polar surface area (TPSA) is 68.1 Å². The fourth-order valence-corrected chi connectivity index (χ4v) is 2.36. The average molecular weight is 256 g/mol. The van der Waals surface area contributed by atoms with Gasteiger partial charge >= 0.3 is 5.69 Å². The van der Waals surface area contributed by atoms with Gasteiger partial charge < -0.3 is 5.32 Å². The summed E-state index contributed by atoms with van der Waals surface area (Å²) in [5, 5.41) is 14.2. The van der Waals surface area contributed by atoms with Crippen LogP contribution in [0.4, 0.5) is 11.5 Å². The second-order valence-electron chi connectivity index (χ2n) is 4.52. The molecule has 0 radical (unpaired) electrons. The lowest BCUT2D eigenvalue weighted by Crippen LogP contribution is -2.17. The van der Waals surface area contributed by atoms with Gasteiger partial charge in [-0.25, -0.2) is 4.98 Å². The van der Waals surface area contributed by atoms with Crippen LogP contribution in [-0.2, 0) is 0 Å². The molecule has 1 heterocycles. The molecular formula is C11H14ClN3O2. The van der Waals surface area contributed by atoms with E-state index in [0.717, 1.165) is 19.3 Å². The molecule has 1 aliphatic rings. The van der Waals surface area contributed by atoms with Crippen molar-refractivity contribution in [1.29, 1.82) is 0 Å². The van der Waals surface area contributed by atoms with Gasteiger partial charge in [0.05, 0.1) is 4.92 Å². The van der Waals surface area contributed by atoms with Crippen molar-refractivity contribution >= 4 is 23.1 Å². The molecule has 2 atom stereocenters. The van der Waals surface area contributed by atoms with Crippen molar-refractivity contribution in [3.8, 4) is 0 Å². The highest BCUT2D eigenvalue weighted by Gasteiger charge is 2.24. The summed E-state index contributed by atoms with van der Waals surface area (Å²) in [5.41, 5.74) is -0.0195. The van der Waals surface area contributed by atoms with Gasteiger partial charge in [-0.15, -0.1) is 0 Å². The first-order chi connectivity index (χ1) is 8.06. The van der Waals surface area contributed by atoms with Crippen LogP contribution in [0.5, 0.6) is 0 Å². The van der Waals surface area contributed by atoms with Crippen LogP contribution < -0.4 is 5.32 Å². The van der Waals surface area contributed by atoms with E-state index in [-0.39, 0.29) is 22.7 Å². The van der Waals surface area contributed by atoms with Crippen molar-refractivity contribution < 1.29 is 4.92 Å². The first-order valence-corrected chi connectivity index (χ1v) is 6.01. The summed E-state index contributed by atoms with van der Waals surface area (Å²) < 4.78 is 0. The molecule has 5 nitrogen and oxygen atoms in total. The Morgan fingerprint density at radius 3 is 2.88 bits per heavy atom. The van der Waals surface area contributed by atoms with Crippen LogP contribution in [0.25, 0.3) is 0 Å². The van der Waals surface area contributed by atoms with Crippen molar-refractivity contribution in [1.82, 2.24) is 4.98 Å². The lowest BCUT2D eigenvalue weighted by molar-refractivity contribution is -0.384. The smallest absolute Gasteiger partial charge is 0.311 e. The highest BCUT2D eigenvalue weighted by Crippen LogP contribution is 2.30. The van der Waals surface area contributed by atoms with Crippen molar-refractivity contribution in [2.45, 2.75) is 32.2 Å². The van der Waals surface area contributed by atoms with Crippen LogP contribution in [0.2, 0.25) is 5.15 Å². The average Bonchev–Trinajstić information content (AvgIpc) is 2.63. The summed E-state index contributed by atoms with van der Waals surface area (Å²) in [6, 6.07) is 3.08. The number of halogens is 1. The normalized spacial score (nSPS) is 23.6. The van der Waals surface area contributed by atoms with Crippen molar-refractivity contribution in [3.05, 3.63) is 27.4 Å². The van der Waals surface area contributed by atoms with E-state index in [1.807, 2.05) is 0 Å². The summed E-state index contributed by atoms with van der Waals surface area (Å²) in [6.45, 7) is 2.18.